The quantitative estimate of drug-likeness (QED) is 0.490. The molecule has 1 N–H and O–H groups in total. The van der Waals surface area contributed by atoms with Crippen LogP contribution in [-0.2, 0) is 20.4 Å². The molecule has 1 aromatic rings. The minimum Gasteiger partial charge on any atom is -0.491 e. The molecule has 0 saturated heterocycles. The lowest BCUT2D eigenvalue weighted by atomic mass is 10.1. The first kappa shape index (κ1) is 22.7. The summed E-state index contributed by atoms with van der Waals surface area (Å²) in [5, 5.41) is 9.76. The Balaban J connectivity index is 2.69. The van der Waals surface area contributed by atoms with E-state index in [0.717, 1.165) is 5.56 Å². The summed E-state index contributed by atoms with van der Waals surface area (Å²) in [5.74, 6) is 0.505. The van der Waals surface area contributed by atoms with Crippen molar-refractivity contribution in [2.75, 3.05) is 19.8 Å². The summed E-state index contributed by atoms with van der Waals surface area (Å²) in [6, 6.07) is 7.63. The van der Waals surface area contributed by atoms with E-state index in [-0.39, 0.29) is 30.3 Å². The topological polar surface area (TPSA) is 65.0 Å². The highest BCUT2D eigenvalue weighted by atomic mass is 28.4. The number of hydrogen-bond donors (Lipinski definition) is 1. The zero-order valence-corrected chi connectivity index (χ0v) is 18.0. The number of benzene rings is 1. The maximum Gasteiger partial charge on any atom is 0.306 e. The van der Waals surface area contributed by atoms with E-state index >= 15 is 0 Å². The second-order valence-electron chi connectivity index (χ2n) is 7.91. The monoisotopic (exact) mass is 382 g/mol. The lowest BCUT2D eigenvalue weighted by Crippen LogP contribution is -2.46. The SMILES string of the molecule is CCOC(=O)CCc1ccccc1OCC(CO)O[Si](C)(C)C(C)(C)C. The summed E-state index contributed by atoms with van der Waals surface area (Å²) in [6.45, 7) is 13.2. The second kappa shape index (κ2) is 10.1. The summed E-state index contributed by atoms with van der Waals surface area (Å²) in [6.07, 6.45) is 0.508. The van der Waals surface area contributed by atoms with Crippen molar-refractivity contribution in [3.8, 4) is 5.75 Å². The number of para-hydroxylation sites is 1. The fourth-order valence-corrected chi connectivity index (χ4v) is 3.55. The molecule has 1 rings (SSSR count). The Bertz CT molecular complexity index is 566. The summed E-state index contributed by atoms with van der Waals surface area (Å²) >= 11 is 0. The summed E-state index contributed by atoms with van der Waals surface area (Å²) in [5.41, 5.74) is 0.949. The zero-order chi connectivity index (χ0) is 19.8. The van der Waals surface area contributed by atoms with Crippen LogP contribution < -0.4 is 4.74 Å². The van der Waals surface area contributed by atoms with Crippen LogP contribution in [0.15, 0.2) is 24.3 Å². The van der Waals surface area contributed by atoms with Gasteiger partial charge in [-0.1, -0.05) is 39.0 Å². The molecule has 6 heteroatoms. The van der Waals surface area contributed by atoms with Crippen molar-refractivity contribution in [3.63, 3.8) is 0 Å². The van der Waals surface area contributed by atoms with E-state index in [1.165, 1.54) is 0 Å². The lowest BCUT2D eigenvalue weighted by molar-refractivity contribution is -0.143. The van der Waals surface area contributed by atoms with Gasteiger partial charge in [0, 0.05) is 6.42 Å². The Labute approximate surface area is 158 Å². The van der Waals surface area contributed by atoms with E-state index in [1.807, 2.05) is 24.3 Å². The number of ether oxygens (including phenoxy) is 2. The number of esters is 1. The third-order valence-corrected chi connectivity index (χ3v) is 9.31. The van der Waals surface area contributed by atoms with E-state index < -0.39 is 8.32 Å². The van der Waals surface area contributed by atoms with Gasteiger partial charge in [-0.2, -0.15) is 0 Å². The number of aliphatic hydroxyl groups is 1. The maximum atomic E-state index is 11.6. The van der Waals surface area contributed by atoms with E-state index in [1.54, 1.807) is 6.92 Å². The number of aryl methyl sites for hydroxylation is 1. The molecule has 1 unspecified atom stereocenters. The molecule has 26 heavy (non-hydrogen) atoms. The molecule has 0 spiro atoms. The molecule has 5 nitrogen and oxygen atoms in total. The van der Waals surface area contributed by atoms with Gasteiger partial charge in [0.15, 0.2) is 8.32 Å². The van der Waals surface area contributed by atoms with E-state index in [2.05, 4.69) is 33.9 Å². The largest absolute Gasteiger partial charge is 0.491 e. The van der Waals surface area contributed by atoms with Crippen LogP contribution in [0.5, 0.6) is 5.75 Å². The van der Waals surface area contributed by atoms with Crippen molar-refractivity contribution in [2.24, 2.45) is 0 Å². The van der Waals surface area contributed by atoms with Gasteiger partial charge in [0.05, 0.1) is 13.2 Å². The molecule has 1 atom stereocenters. The molecule has 0 radical (unpaired) electrons. The van der Waals surface area contributed by atoms with E-state index in [0.29, 0.717) is 25.2 Å². The van der Waals surface area contributed by atoms with Crippen LogP contribution in [0.2, 0.25) is 18.1 Å². The van der Waals surface area contributed by atoms with Gasteiger partial charge >= 0.3 is 5.97 Å². The average Bonchev–Trinajstić information content (AvgIpc) is 2.56. The number of carbonyl (C=O) groups is 1. The smallest absolute Gasteiger partial charge is 0.306 e. The van der Waals surface area contributed by atoms with Crippen molar-refractivity contribution < 1.29 is 23.8 Å². The fourth-order valence-electron chi connectivity index (χ4n) is 2.22. The molecule has 0 aliphatic carbocycles. The van der Waals surface area contributed by atoms with Crippen molar-refractivity contribution in [2.45, 2.75) is 64.8 Å². The number of rotatable bonds is 10. The number of hydrogen-bond acceptors (Lipinski definition) is 5. The van der Waals surface area contributed by atoms with Crippen LogP contribution in [0.3, 0.4) is 0 Å². The van der Waals surface area contributed by atoms with Crippen molar-refractivity contribution >= 4 is 14.3 Å². The highest BCUT2D eigenvalue weighted by molar-refractivity contribution is 6.74. The third kappa shape index (κ3) is 7.09. The average molecular weight is 383 g/mol. The number of carbonyl (C=O) groups excluding carboxylic acids is 1. The molecule has 0 aliphatic rings. The van der Waals surface area contributed by atoms with Crippen LogP contribution in [0.1, 0.15) is 39.7 Å². The standard InChI is InChI=1S/C20H34O5Si/c1-7-23-19(22)13-12-16-10-8-9-11-18(16)24-15-17(14-21)25-26(5,6)20(2,3)4/h8-11,17,21H,7,12-15H2,1-6H3. The first-order valence-electron chi connectivity index (χ1n) is 9.25. The van der Waals surface area contributed by atoms with Gasteiger partial charge in [-0.05, 0) is 43.1 Å². The number of aliphatic hydroxyl groups excluding tert-OH is 1. The van der Waals surface area contributed by atoms with Crippen LogP contribution in [-0.4, -0.2) is 45.3 Å². The Kier molecular flexibility index (Phi) is 8.80. The normalized spacial score (nSPS) is 13.3. The summed E-state index contributed by atoms with van der Waals surface area (Å²) in [4.78, 5) is 11.6. The maximum absolute atomic E-state index is 11.6. The molecule has 0 aliphatic heterocycles. The van der Waals surface area contributed by atoms with Gasteiger partial charge < -0.3 is 19.0 Å². The second-order valence-corrected chi connectivity index (χ2v) is 12.7. The molecule has 0 aromatic heterocycles. The molecule has 0 saturated carbocycles. The first-order valence-corrected chi connectivity index (χ1v) is 12.2. The lowest BCUT2D eigenvalue weighted by Gasteiger charge is -2.38. The third-order valence-electron chi connectivity index (χ3n) is 4.77. The minimum atomic E-state index is -1.98. The molecule has 0 bridgehead atoms. The van der Waals surface area contributed by atoms with Crippen LogP contribution >= 0.6 is 0 Å². The summed E-state index contributed by atoms with van der Waals surface area (Å²) in [7, 11) is -1.98. The Hall–Kier alpha value is -1.37. The van der Waals surface area contributed by atoms with Crippen molar-refractivity contribution in [3.05, 3.63) is 29.8 Å². The Morgan fingerprint density at radius 1 is 1.23 bits per heavy atom. The molecular formula is C20H34O5Si. The van der Waals surface area contributed by atoms with Gasteiger partial charge in [-0.3, -0.25) is 4.79 Å². The van der Waals surface area contributed by atoms with Gasteiger partial charge in [0.25, 0.3) is 0 Å². The molecule has 148 valence electrons. The molecule has 0 amide bonds. The predicted molar refractivity (Wildman–Crippen MR) is 106 cm³/mol. The van der Waals surface area contributed by atoms with Gasteiger partial charge in [0.2, 0.25) is 0 Å². The fraction of sp³-hybridized carbons (Fsp3) is 0.650. The highest BCUT2D eigenvalue weighted by Gasteiger charge is 2.39. The highest BCUT2D eigenvalue weighted by Crippen LogP contribution is 2.37. The minimum absolute atomic E-state index is 0.0674. The van der Waals surface area contributed by atoms with Gasteiger partial charge in [0.1, 0.15) is 18.5 Å². The molecule has 0 heterocycles. The van der Waals surface area contributed by atoms with Crippen LogP contribution in [0.25, 0.3) is 0 Å². The molecular weight excluding hydrogens is 348 g/mol. The molecule has 0 fully saturated rings. The van der Waals surface area contributed by atoms with Crippen LogP contribution in [0, 0.1) is 0 Å². The van der Waals surface area contributed by atoms with Crippen molar-refractivity contribution in [1.29, 1.82) is 0 Å². The Morgan fingerprint density at radius 2 is 1.88 bits per heavy atom. The predicted octanol–water partition coefficient (Wildman–Crippen LogP) is 3.94. The zero-order valence-electron chi connectivity index (χ0n) is 17.0. The van der Waals surface area contributed by atoms with E-state index in [4.69, 9.17) is 13.9 Å². The van der Waals surface area contributed by atoms with E-state index in [9.17, 15) is 9.90 Å². The molecule has 1 aromatic carbocycles. The first-order chi connectivity index (χ1) is 12.1. The van der Waals surface area contributed by atoms with Crippen LogP contribution in [0.4, 0.5) is 0 Å². The summed E-state index contributed by atoms with van der Waals surface area (Å²) < 4.78 is 17.1. The van der Waals surface area contributed by atoms with Gasteiger partial charge in [-0.25, -0.2) is 0 Å². The Morgan fingerprint density at radius 3 is 2.46 bits per heavy atom. The van der Waals surface area contributed by atoms with Crippen molar-refractivity contribution in [1.82, 2.24) is 0 Å². The van der Waals surface area contributed by atoms with Gasteiger partial charge in [-0.15, -0.1) is 0 Å².